The number of nitrogens with zero attached hydrogens (tertiary/aromatic N) is 1. The molecule has 0 amide bonds. The van der Waals surface area contributed by atoms with E-state index in [9.17, 15) is 5.11 Å². The van der Waals surface area contributed by atoms with Gasteiger partial charge in [-0.2, -0.15) is 0 Å². The van der Waals surface area contributed by atoms with E-state index in [1.54, 1.807) is 26.3 Å². The van der Waals surface area contributed by atoms with Gasteiger partial charge in [0.15, 0.2) is 5.96 Å². The van der Waals surface area contributed by atoms with Crippen LogP contribution in [0, 0.1) is 5.41 Å². The first kappa shape index (κ1) is 22.8. The predicted octanol–water partition coefficient (Wildman–Crippen LogP) is 3.90. The number of hydrogen-bond acceptors (Lipinski definition) is 3. The van der Waals surface area contributed by atoms with E-state index in [4.69, 9.17) is 4.74 Å². The number of guanidine groups is 1. The average Bonchev–Trinajstić information content (AvgIpc) is 2.50. The van der Waals surface area contributed by atoms with Crippen LogP contribution in [-0.4, -0.2) is 31.3 Å². The summed E-state index contributed by atoms with van der Waals surface area (Å²) >= 11 is 0. The molecule has 0 aliphatic rings. The maximum absolute atomic E-state index is 9.92. The predicted molar refractivity (Wildman–Crippen MR) is 112 cm³/mol. The number of halogens is 1. The minimum atomic E-state index is 0. The van der Waals surface area contributed by atoms with Crippen molar-refractivity contribution in [3.63, 3.8) is 0 Å². The molecular formula is C18H32IN3O2. The third kappa shape index (κ3) is 8.61. The topological polar surface area (TPSA) is 65.9 Å². The van der Waals surface area contributed by atoms with Crippen LogP contribution in [0.25, 0.3) is 0 Å². The van der Waals surface area contributed by atoms with Crippen LogP contribution in [0.4, 0.5) is 0 Å². The Balaban J connectivity index is 0.00000529. The van der Waals surface area contributed by atoms with E-state index in [-0.39, 0.29) is 29.7 Å². The van der Waals surface area contributed by atoms with Gasteiger partial charge in [0.25, 0.3) is 0 Å². The molecule has 1 aromatic rings. The van der Waals surface area contributed by atoms with E-state index >= 15 is 0 Å². The van der Waals surface area contributed by atoms with Gasteiger partial charge in [0.05, 0.1) is 7.11 Å². The lowest BCUT2D eigenvalue weighted by Crippen LogP contribution is -2.42. The third-order valence-corrected chi connectivity index (χ3v) is 3.67. The average molecular weight is 449 g/mol. The molecule has 1 unspecified atom stereocenters. The van der Waals surface area contributed by atoms with Gasteiger partial charge in [0.1, 0.15) is 11.5 Å². The SMILES string of the molecule is CN=C(NCc1cc(OC)ccc1O)NC(C)CCC(C)(C)C.I. The standard InChI is InChI=1S/C18H31N3O2.HI/c1-13(9-10-18(2,3)4)21-17(19-5)20-12-14-11-15(23-6)7-8-16(14)22;/h7-8,11,13,22H,9-10,12H2,1-6H3,(H2,19,20,21);1H. The minimum Gasteiger partial charge on any atom is -0.508 e. The number of phenolic OH excluding ortho intramolecular Hbond substituents is 1. The fourth-order valence-corrected chi connectivity index (χ4v) is 2.16. The van der Waals surface area contributed by atoms with Crippen molar-refractivity contribution >= 4 is 29.9 Å². The molecule has 1 aromatic carbocycles. The fraction of sp³-hybridized carbons (Fsp3) is 0.611. The maximum Gasteiger partial charge on any atom is 0.191 e. The molecule has 1 rings (SSSR count). The minimum absolute atomic E-state index is 0. The highest BCUT2D eigenvalue weighted by Crippen LogP contribution is 2.23. The van der Waals surface area contributed by atoms with Crippen LogP contribution >= 0.6 is 24.0 Å². The van der Waals surface area contributed by atoms with Crippen LogP contribution in [0.1, 0.15) is 46.1 Å². The van der Waals surface area contributed by atoms with Crippen molar-refractivity contribution < 1.29 is 9.84 Å². The van der Waals surface area contributed by atoms with Crippen molar-refractivity contribution in [1.82, 2.24) is 10.6 Å². The summed E-state index contributed by atoms with van der Waals surface area (Å²) in [6, 6.07) is 5.52. The zero-order valence-electron chi connectivity index (χ0n) is 15.6. The maximum atomic E-state index is 9.92. The Morgan fingerprint density at radius 3 is 2.54 bits per heavy atom. The Bertz CT molecular complexity index is 527. The lowest BCUT2D eigenvalue weighted by molar-refractivity contribution is 0.346. The van der Waals surface area contributed by atoms with Crippen LogP contribution in [0.5, 0.6) is 11.5 Å². The summed E-state index contributed by atoms with van der Waals surface area (Å²) in [5.41, 5.74) is 1.11. The summed E-state index contributed by atoms with van der Waals surface area (Å²) in [5.74, 6) is 1.70. The van der Waals surface area contributed by atoms with Gasteiger partial charge in [0, 0.05) is 25.2 Å². The number of rotatable bonds is 6. The summed E-state index contributed by atoms with van der Waals surface area (Å²) in [6.45, 7) is 9.38. The van der Waals surface area contributed by atoms with Crippen molar-refractivity contribution in [1.29, 1.82) is 0 Å². The molecule has 0 fully saturated rings. The van der Waals surface area contributed by atoms with Crippen LogP contribution in [-0.2, 0) is 6.54 Å². The van der Waals surface area contributed by atoms with E-state index in [1.807, 2.05) is 6.07 Å². The number of aliphatic imine (C=N–C) groups is 1. The second kappa shape index (κ2) is 10.6. The van der Waals surface area contributed by atoms with Gasteiger partial charge in [-0.25, -0.2) is 0 Å². The summed E-state index contributed by atoms with van der Waals surface area (Å²) < 4.78 is 5.19. The zero-order valence-corrected chi connectivity index (χ0v) is 18.0. The smallest absolute Gasteiger partial charge is 0.191 e. The Morgan fingerprint density at radius 1 is 1.33 bits per heavy atom. The summed E-state index contributed by atoms with van der Waals surface area (Å²) in [6.07, 6.45) is 2.23. The first-order valence-corrected chi connectivity index (χ1v) is 8.08. The highest BCUT2D eigenvalue weighted by molar-refractivity contribution is 14.0. The first-order valence-electron chi connectivity index (χ1n) is 8.08. The van der Waals surface area contributed by atoms with Gasteiger partial charge in [0.2, 0.25) is 0 Å². The first-order chi connectivity index (χ1) is 10.7. The Morgan fingerprint density at radius 2 is 2.00 bits per heavy atom. The molecule has 24 heavy (non-hydrogen) atoms. The molecule has 0 saturated carbocycles. The summed E-state index contributed by atoms with van der Waals surface area (Å²) in [5, 5.41) is 16.5. The highest BCUT2D eigenvalue weighted by atomic mass is 127. The Kier molecular flexibility index (Phi) is 10.1. The van der Waals surface area contributed by atoms with Gasteiger partial charge < -0.3 is 20.5 Å². The molecule has 0 radical (unpaired) electrons. The molecule has 0 saturated heterocycles. The number of nitrogens with one attached hydrogen (secondary N) is 2. The number of phenols is 1. The van der Waals surface area contributed by atoms with E-state index in [2.05, 4.69) is 43.3 Å². The highest BCUT2D eigenvalue weighted by Gasteiger charge is 2.13. The van der Waals surface area contributed by atoms with Gasteiger partial charge in [-0.15, -0.1) is 24.0 Å². The zero-order chi connectivity index (χ0) is 17.5. The summed E-state index contributed by atoms with van der Waals surface area (Å²) in [7, 11) is 3.36. The molecule has 0 aliphatic heterocycles. The van der Waals surface area contributed by atoms with Crippen molar-refractivity contribution in [2.75, 3.05) is 14.2 Å². The number of aromatic hydroxyl groups is 1. The molecule has 1 atom stereocenters. The Labute approximate surface area is 163 Å². The number of benzene rings is 1. The molecule has 138 valence electrons. The lowest BCUT2D eigenvalue weighted by Gasteiger charge is -2.23. The Hall–Kier alpha value is -1.18. The number of methoxy groups -OCH3 is 1. The van der Waals surface area contributed by atoms with Gasteiger partial charge in [-0.05, 0) is 43.4 Å². The number of ether oxygens (including phenoxy) is 1. The molecule has 3 N–H and O–H groups in total. The van der Waals surface area contributed by atoms with E-state index in [1.165, 1.54) is 0 Å². The molecular weight excluding hydrogens is 417 g/mol. The van der Waals surface area contributed by atoms with E-state index in [0.29, 0.717) is 18.0 Å². The van der Waals surface area contributed by atoms with E-state index < -0.39 is 0 Å². The van der Waals surface area contributed by atoms with Crippen LogP contribution in [0.2, 0.25) is 0 Å². The number of hydrogen-bond donors (Lipinski definition) is 3. The van der Waals surface area contributed by atoms with Crippen molar-refractivity contribution in [2.24, 2.45) is 10.4 Å². The van der Waals surface area contributed by atoms with Gasteiger partial charge >= 0.3 is 0 Å². The molecule has 6 heteroatoms. The molecule has 0 aromatic heterocycles. The molecule has 0 spiro atoms. The van der Waals surface area contributed by atoms with Gasteiger partial charge in [-0.1, -0.05) is 20.8 Å². The molecule has 0 heterocycles. The fourth-order valence-electron chi connectivity index (χ4n) is 2.16. The monoisotopic (exact) mass is 449 g/mol. The van der Waals surface area contributed by atoms with Crippen molar-refractivity contribution in [2.45, 2.75) is 53.1 Å². The third-order valence-electron chi connectivity index (χ3n) is 3.67. The van der Waals surface area contributed by atoms with Gasteiger partial charge in [-0.3, -0.25) is 4.99 Å². The lowest BCUT2D eigenvalue weighted by atomic mass is 9.89. The second-order valence-corrected chi connectivity index (χ2v) is 7.07. The molecule has 0 bridgehead atoms. The van der Waals surface area contributed by atoms with Crippen LogP contribution in [0.3, 0.4) is 0 Å². The van der Waals surface area contributed by atoms with Crippen LogP contribution in [0.15, 0.2) is 23.2 Å². The second-order valence-electron chi connectivity index (χ2n) is 7.07. The summed E-state index contributed by atoms with van der Waals surface area (Å²) in [4.78, 5) is 4.24. The normalized spacial score (nSPS) is 13.0. The van der Waals surface area contributed by atoms with Crippen molar-refractivity contribution in [3.05, 3.63) is 23.8 Å². The van der Waals surface area contributed by atoms with E-state index in [0.717, 1.165) is 30.1 Å². The molecule has 5 nitrogen and oxygen atoms in total. The quantitative estimate of drug-likeness (QED) is 0.350. The van der Waals surface area contributed by atoms with Crippen molar-refractivity contribution in [3.8, 4) is 11.5 Å². The largest absolute Gasteiger partial charge is 0.508 e. The van der Waals surface area contributed by atoms with Crippen LogP contribution < -0.4 is 15.4 Å². The molecule has 0 aliphatic carbocycles.